The van der Waals surface area contributed by atoms with Crippen LogP contribution in [0.3, 0.4) is 0 Å². The summed E-state index contributed by atoms with van der Waals surface area (Å²) in [6.45, 7) is 1.10. The van der Waals surface area contributed by atoms with Crippen molar-refractivity contribution in [3.05, 3.63) is 165 Å². The Bertz CT molecular complexity index is 1620. The smallest absolute Gasteiger partial charge is 0.460 e. The molecular weight excluding hydrogens is 706 g/mol. The maximum absolute atomic E-state index is 13.3. The molecule has 0 spiro atoms. The van der Waals surface area contributed by atoms with Crippen molar-refractivity contribution < 1.29 is 55.6 Å². The van der Waals surface area contributed by atoms with E-state index < -0.39 is 37.8 Å². The van der Waals surface area contributed by atoms with Gasteiger partial charge in [-0.2, -0.15) is 0 Å². The maximum atomic E-state index is 13.3. The molecule has 0 unspecified atom stereocenters. The topological polar surface area (TPSA) is 183 Å². The Labute approximate surface area is 306 Å². The second-order valence-electron chi connectivity index (χ2n) is 10.4. The molecule has 0 bridgehead atoms. The third-order valence-corrected chi connectivity index (χ3v) is 7.18. The quantitative estimate of drug-likeness (QED) is 0.0407. The van der Waals surface area contributed by atoms with Gasteiger partial charge >= 0.3 is 23.0 Å². The van der Waals surface area contributed by atoms with Crippen LogP contribution in [-0.2, 0) is 36.0 Å². The average molecular weight is 740 g/mol. The standard InChI is InChI=1S/C31H28N3O11.C5H5.Fe/c1-42-11-12-43-13-14-44-15-16-45-31(35)27-19-22(32(36)37)17-25-24(10-4-2-3-7-21-8-5-6-9-21)26-18-23(33(38)39)20-28(34(40)41)30(26)29(25)27;1-2-4-5-3-1;/h2-10,17-20H,11-16H2,1H3;1-5H;/q;;+2/b4-2+,7-3+,24-10-;;. The number of carbonyl (C=O) groups is 1. The molecule has 2 aromatic rings. The number of rotatable bonds is 16. The summed E-state index contributed by atoms with van der Waals surface area (Å²) >= 11 is 0. The molecule has 2 saturated carbocycles. The van der Waals surface area contributed by atoms with Crippen molar-refractivity contribution in [1.82, 2.24) is 0 Å². The van der Waals surface area contributed by atoms with E-state index in [1.807, 2.05) is 63.9 Å². The zero-order valence-electron chi connectivity index (χ0n) is 27.3. The average Bonchev–Trinajstić information content (AvgIpc) is 3.90. The molecule has 5 rings (SSSR count). The van der Waals surface area contributed by atoms with E-state index in [1.54, 1.807) is 25.3 Å². The van der Waals surface area contributed by atoms with Crippen LogP contribution in [-0.4, -0.2) is 67.5 Å². The summed E-state index contributed by atoms with van der Waals surface area (Å²) in [4.78, 5) is 46.8. The first kappa shape index (κ1) is 41.2. The van der Waals surface area contributed by atoms with Crippen molar-refractivity contribution in [1.29, 1.82) is 0 Å². The zero-order valence-corrected chi connectivity index (χ0v) is 28.4. The number of benzene rings is 2. The van der Waals surface area contributed by atoms with Gasteiger partial charge in [0.25, 0.3) is 17.1 Å². The minimum Gasteiger partial charge on any atom is -0.460 e. The molecule has 3 aliphatic rings. The third kappa shape index (κ3) is 11.6. The van der Waals surface area contributed by atoms with E-state index in [2.05, 4.69) is 0 Å². The predicted molar refractivity (Wildman–Crippen MR) is 183 cm³/mol. The van der Waals surface area contributed by atoms with E-state index in [9.17, 15) is 35.1 Å². The monoisotopic (exact) mass is 739 g/mol. The van der Waals surface area contributed by atoms with E-state index in [0.29, 0.717) is 13.2 Å². The zero-order chi connectivity index (χ0) is 35.9. The van der Waals surface area contributed by atoms with Gasteiger partial charge in [0.1, 0.15) is 6.61 Å². The molecule has 0 N–H and O–H groups in total. The Kier molecular flexibility index (Phi) is 17.1. The number of carbonyl (C=O) groups excluding carboxylic acids is 1. The van der Waals surface area contributed by atoms with E-state index in [1.165, 1.54) is 12.1 Å². The predicted octanol–water partition coefficient (Wildman–Crippen LogP) is 6.20. The Morgan fingerprint density at radius 3 is 1.78 bits per heavy atom. The summed E-state index contributed by atoms with van der Waals surface area (Å²) in [6.07, 6.45) is 25.9. The number of allylic oxidation sites excluding steroid dienone is 5. The van der Waals surface area contributed by atoms with Gasteiger partial charge in [-0.05, 0) is 68.9 Å². The molecule has 2 fully saturated rings. The van der Waals surface area contributed by atoms with Crippen molar-refractivity contribution >= 4 is 28.6 Å². The molecular formula is C36H33FeN3O11+2. The molecule has 51 heavy (non-hydrogen) atoms. The second-order valence-corrected chi connectivity index (χ2v) is 10.4. The van der Waals surface area contributed by atoms with Gasteiger partial charge in [-0.25, -0.2) is 4.79 Å². The minimum absolute atomic E-state index is 0. The fourth-order valence-corrected chi connectivity index (χ4v) is 4.97. The Balaban J connectivity index is 0.00000107. The van der Waals surface area contributed by atoms with Crippen LogP contribution in [0.5, 0.6) is 0 Å². The van der Waals surface area contributed by atoms with E-state index in [4.69, 9.17) is 18.9 Å². The number of nitro groups is 3. The molecule has 0 saturated heterocycles. The number of fused-ring (bicyclic) bond motifs is 3. The number of hydrogen-bond acceptors (Lipinski definition) is 11. The molecule has 0 atom stereocenters. The summed E-state index contributed by atoms with van der Waals surface area (Å²) in [5.41, 5.74) is -1.64. The van der Waals surface area contributed by atoms with Crippen molar-refractivity contribution in [2.75, 3.05) is 46.8 Å². The van der Waals surface area contributed by atoms with Crippen LogP contribution in [0.25, 0.3) is 16.7 Å². The van der Waals surface area contributed by atoms with Crippen molar-refractivity contribution in [3.63, 3.8) is 0 Å². The first-order valence-corrected chi connectivity index (χ1v) is 15.3. The molecule has 0 aromatic heterocycles. The molecule has 0 heterocycles. The summed E-state index contributed by atoms with van der Waals surface area (Å²) in [6, 6.07) is 4.09. The van der Waals surface area contributed by atoms with Crippen LogP contribution in [0.15, 0.2) is 54.6 Å². The maximum Gasteiger partial charge on any atom is 2.00 e. The number of ether oxygens (including phenoxy) is 4. The number of methoxy groups -OCH3 is 1. The summed E-state index contributed by atoms with van der Waals surface area (Å²) in [5.74, 6) is -0.0300. The Hall–Kier alpha value is -4.27. The van der Waals surface area contributed by atoms with E-state index >= 15 is 0 Å². The van der Waals surface area contributed by atoms with Crippen LogP contribution in [0.4, 0.5) is 17.1 Å². The Morgan fingerprint density at radius 2 is 1.22 bits per heavy atom. The summed E-state index contributed by atoms with van der Waals surface area (Å²) < 4.78 is 20.9. The number of nitro benzene ring substituents is 3. The summed E-state index contributed by atoms with van der Waals surface area (Å²) in [5, 5.41) is 35.7. The Morgan fingerprint density at radius 1 is 0.667 bits per heavy atom. The van der Waals surface area contributed by atoms with Crippen LogP contribution < -0.4 is 0 Å². The van der Waals surface area contributed by atoms with Crippen molar-refractivity contribution in [2.45, 2.75) is 0 Å². The molecule has 2 aromatic carbocycles. The normalized spacial score (nSPS) is 15.7. The minimum atomic E-state index is -0.983. The van der Waals surface area contributed by atoms with Gasteiger partial charge < -0.3 is 18.9 Å². The number of non-ortho nitro benzene ring substituents is 2. The number of nitrogens with zero attached hydrogens (tertiary/aromatic N) is 3. The van der Waals surface area contributed by atoms with E-state index in [-0.39, 0.29) is 76.9 Å². The molecule has 264 valence electrons. The van der Waals surface area contributed by atoms with Gasteiger partial charge in [-0.1, -0.05) is 30.4 Å². The first-order chi connectivity index (χ1) is 24.2. The van der Waals surface area contributed by atoms with Gasteiger partial charge in [0.2, 0.25) is 0 Å². The molecule has 0 aliphatic heterocycles. The van der Waals surface area contributed by atoms with Crippen molar-refractivity contribution in [2.24, 2.45) is 0 Å². The van der Waals surface area contributed by atoms with Gasteiger partial charge in [0.15, 0.2) is 0 Å². The van der Waals surface area contributed by atoms with Crippen LogP contribution >= 0.6 is 0 Å². The molecule has 10 radical (unpaired) electrons. The van der Waals surface area contributed by atoms with E-state index in [0.717, 1.165) is 24.1 Å². The first-order valence-electron chi connectivity index (χ1n) is 15.3. The SMILES string of the molecule is COCCOCCOCCOC(=O)c1cc([N+](=O)[O-])cc2c1-c1c(cc([N+](=O)[O-])cc1[N+](=O)[O-])\C2=C/C=C/C=C/[C]1[CH][CH][CH][CH]1.[CH]1[CH][CH][CH][CH]1.[Fe+2]. The molecule has 3 aliphatic carbocycles. The van der Waals surface area contributed by atoms with Gasteiger partial charge in [-0.15, -0.1) is 0 Å². The fraction of sp³-hybridized carbons (Fsp3) is 0.194. The van der Waals surface area contributed by atoms with Crippen LogP contribution in [0.2, 0.25) is 0 Å². The van der Waals surface area contributed by atoms with Crippen LogP contribution in [0.1, 0.15) is 21.5 Å². The third-order valence-electron chi connectivity index (χ3n) is 7.18. The van der Waals surface area contributed by atoms with Crippen molar-refractivity contribution in [3.8, 4) is 11.1 Å². The van der Waals surface area contributed by atoms with Gasteiger partial charge in [0.05, 0.1) is 65.0 Å². The summed E-state index contributed by atoms with van der Waals surface area (Å²) in [7, 11) is 1.55. The largest absolute Gasteiger partial charge is 2.00 e. The number of esters is 1. The van der Waals surface area contributed by atoms with Gasteiger partial charge in [0, 0.05) is 42.4 Å². The molecule has 14 nitrogen and oxygen atoms in total. The number of hydrogen-bond donors (Lipinski definition) is 0. The fourth-order valence-electron chi connectivity index (χ4n) is 4.97. The van der Waals surface area contributed by atoms with Crippen LogP contribution in [0, 0.1) is 94.0 Å². The van der Waals surface area contributed by atoms with Gasteiger partial charge in [-0.3, -0.25) is 30.3 Å². The molecule has 15 heteroatoms. The second kappa shape index (κ2) is 21.2. The molecule has 0 amide bonds.